The summed E-state index contributed by atoms with van der Waals surface area (Å²) in [5.74, 6) is -0.560. The fourth-order valence-corrected chi connectivity index (χ4v) is 5.24. The highest BCUT2D eigenvalue weighted by Crippen LogP contribution is 2.47. The molecule has 4 aromatic rings. The van der Waals surface area contributed by atoms with Crippen LogP contribution in [-0.2, 0) is 4.79 Å². The number of benzene rings is 1. The van der Waals surface area contributed by atoms with Gasteiger partial charge >= 0.3 is 0 Å². The highest BCUT2D eigenvalue weighted by molar-refractivity contribution is 6.01. The maximum atomic E-state index is 13.0. The van der Waals surface area contributed by atoms with E-state index in [2.05, 4.69) is 28.4 Å². The van der Waals surface area contributed by atoms with Crippen molar-refractivity contribution in [2.24, 2.45) is 17.1 Å². The van der Waals surface area contributed by atoms with Crippen molar-refractivity contribution in [3.05, 3.63) is 54.5 Å². The number of hydrogen-bond donors (Lipinski definition) is 2. The van der Waals surface area contributed by atoms with Gasteiger partial charge in [-0.3, -0.25) is 14.6 Å². The minimum atomic E-state index is -0.858. The van der Waals surface area contributed by atoms with E-state index in [0.29, 0.717) is 43.0 Å². The van der Waals surface area contributed by atoms with E-state index >= 15 is 0 Å². The van der Waals surface area contributed by atoms with E-state index in [1.54, 1.807) is 15.6 Å². The Bertz CT molecular complexity index is 1600. The molecule has 1 saturated heterocycles. The first kappa shape index (κ1) is 22.9. The number of primary amides is 1. The van der Waals surface area contributed by atoms with Gasteiger partial charge in [0.05, 0.1) is 40.9 Å². The lowest BCUT2D eigenvalue weighted by molar-refractivity contribution is -0.134. The molecule has 37 heavy (non-hydrogen) atoms. The molecule has 6 rings (SSSR count). The fourth-order valence-electron chi connectivity index (χ4n) is 5.24. The first-order valence-electron chi connectivity index (χ1n) is 12.4. The van der Waals surface area contributed by atoms with Crippen LogP contribution < -0.4 is 11.1 Å². The van der Waals surface area contributed by atoms with Crippen LogP contribution in [0, 0.1) is 22.7 Å². The van der Waals surface area contributed by atoms with E-state index in [1.807, 2.05) is 36.5 Å². The van der Waals surface area contributed by atoms with Crippen LogP contribution in [0.4, 0.5) is 5.69 Å². The minimum absolute atomic E-state index is 0.0957. The number of carbonyl (C=O) groups excluding carboxylic acids is 2. The SMILES string of the molecule is CC[C@@H]1CN(C(=O)C2(C#N)CC2)C[C@H]1Nc1c(C(N)=O)cnn2cc(-c3ccc4ncccc4c3)nc12. The number of nitrogens with zero attached hydrogens (tertiary/aromatic N) is 6. The second-order valence-electron chi connectivity index (χ2n) is 9.93. The molecular weight excluding hydrogens is 468 g/mol. The Morgan fingerprint density at radius 1 is 1.27 bits per heavy atom. The molecule has 1 aromatic carbocycles. The Morgan fingerprint density at radius 2 is 2.11 bits per heavy atom. The average Bonchev–Trinajstić information content (AvgIpc) is 3.42. The van der Waals surface area contributed by atoms with E-state index < -0.39 is 11.3 Å². The van der Waals surface area contributed by atoms with Crippen molar-refractivity contribution in [2.75, 3.05) is 18.4 Å². The maximum absolute atomic E-state index is 13.0. The number of anilines is 1. The van der Waals surface area contributed by atoms with E-state index in [4.69, 9.17) is 10.7 Å². The van der Waals surface area contributed by atoms with E-state index in [0.717, 1.165) is 22.9 Å². The highest BCUT2D eigenvalue weighted by atomic mass is 16.2. The monoisotopic (exact) mass is 494 g/mol. The molecule has 2 aliphatic rings. The second kappa shape index (κ2) is 8.55. The van der Waals surface area contributed by atoms with Crippen LogP contribution in [0.1, 0.15) is 36.5 Å². The van der Waals surface area contributed by atoms with Gasteiger partial charge in [0.1, 0.15) is 5.41 Å². The smallest absolute Gasteiger partial charge is 0.252 e. The Hall–Kier alpha value is -4.52. The lowest BCUT2D eigenvalue weighted by Gasteiger charge is -2.21. The standard InChI is InChI=1S/C27H26N8O2/c1-2-16-12-34(26(37)27(15-28)7-8-27)13-21(16)32-23-19(24(29)36)11-31-35-14-22(33-25(23)35)18-5-6-20-17(10-18)4-3-9-30-20/h3-6,9-11,14,16,21,32H,2,7-8,12-13H2,1H3,(H2,29,36)/t16-,21-/m1/s1. The van der Waals surface area contributed by atoms with Crippen molar-refractivity contribution < 1.29 is 9.59 Å². The number of nitrogens with one attached hydrogen (secondary N) is 1. The quantitative estimate of drug-likeness (QED) is 0.419. The van der Waals surface area contributed by atoms with Crippen LogP contribution in [0.2, 0.25) is 0 Å². The molecule has 4 heterocycles. The van der Waals surface area contributed by atoms with E-state index in [1.165, 1.54) is 6.20 Å². The summed E-state index contributed by atoms with van der Waals surface area (Å²) in [6.45, 7) is 3.08. The highest BCUT2D eigenvalue weighted by Gasteiger charge is 2.54. The zero-order chi connectivity index (χ0) is 25.7. The van der Waals surface area contributed by atoms with Gasteiger partial charge in [-0.2, -0.15) is 10.4 Å². The summed E-state index contributed by atoms with van der Waals surface area (Å²) in [6, 6.07) is 11.9. The van der Waals surface area contributed by atoms with Gasteiger partial charge in [0.15, 0.2) is 5.65 Å². The van der Waals surface area contributed by atoms with Crippen molar-refractivity contribution in [3.63, 3.8) is 0 Å². The molecule has 0 spiro atoms. The molecule has 1 aliphatic heterocycles. The molecule has 0 radical (unpaired) electrons. The molecule has 10 heteroatoms. The predicted octanol–water partition coefficient (Wildman–Crippen LogP) is 3.00. The van der Waals surface area contributed by atoms with Crippen molar-refractivity contribution in [1.82, 2.24) is 24.5 Å². The zero-order valence-corrected chi connectivity index (χ0v) is 20.4. The molecule has 10 nitrogen and oxygen atoms in total. The second-order valence-corrected chi connectivity index (χ2v) is 9.93. The molecule has 3 N–H and O–H groups in total. The van der Waals surface area contributed by atoms with Gasteiger partial charge in [0.2, 0.25) is 5.91 Å². The predicted molar refractivity (Wildman–Crippen MR) is 137 cm³/mol. The summed E-state index contributed by atoms with van der Waals surface area (Å²) >= 11 is 0. The van der Waals surface area contributed by atoms with E-state index in [9.17, 15) is 14.9 Å². The molecular formula is C27H26N8O2. The van der Waals surface area contributed by atoms with Crippen LogP contribution in [-0.4, -0.2) is 55.4 Å². The number of aromatic nitrogens is 4. The van der Waals surface area contributed by atoms with Crippen molar-refractivity contribution >= 4 is 34.1 Å². The van der Waals surface area contributed by atoms with Crippen molar-refractivity contribution in [1.29, 1.82) is 5.26 Å². The van der Waals surface area contributed by atoms with Crippen LogP contribution >= 0.6 is 0 Å². The number of imidazole rings is 1. The van der Waals surface area contributed by atoms with Gasteiger partial charge in [-0.15, -0.1) is 0 Å². The fraction of sp³-hybridized carbons (Fsp3) is 0.333. The normalized spacial score (nSPS) is 20.2. The molecule has 3 aromatic heterocycles. The number of nitriles is 1. The summed E-state index contributed by atoms with van der Waals surface area (Å²) in [5, 5.41) is 18.4. The number of pyridine rings is 1. The summed E-state index contributed by atoms with van der Waals surface area (Å²) in [6.07, 6.45) is 7.08. The van der Waals surface area contributed by atoms with Crippen LogP contribution in [0.25, 0.3) is 27.8 Å². The van der Waals surface area contributed by atoms with Gasteiger partial charge in [0, 0.05) is 36.3 Å². The van der Waals surface area contributed by atoms with Gasteiger partial charge in [-0.25, -0.2) is 9.50 Å². The third-order valence-corrected chi connectivity index (χ3v) is 7.61. The average molecular weight is 495 g/mol. The number of carbonyl (C=O) groups is 2. The Balaban J connectivity index is 1.36. The largest absolute Gasteiger partial charge is 0.376 e. The van der Waals surface area contributed by atoms with Crippen molar-refractivity contribution in [2.45, 2.75) is 32.2 Å². The molecule has 186 valence electrons. The van der Waals surface area contributed by atoms with Crippen LogP contribution in [0.3, 0.4) is 0 Å². The lowest BCUT2D eigenvalue weighted by atomic mass is 10.0. The zero-order valence-electron chi connectivity index (χ0n) is 20.4. The van der Waals surface area contributed by atoms with Gasteiger partial charge < -0.3 is 16.0 Å². The molecule has 2 amide bonds. The third kappa shape index (κ3) is 3.83. The Morgan fingerprint density at radius 3 is 2.84 bits per heavy atom. The molecule has 0 bridgehead atoms. The number of likely N-dealkylation sites (tertiary alicyclic amines) is 1. The Kier molecular flexibility index (Phi) is 5.30. The summed E-state index contributed by atoms with van der Waals surface area (Å²) < 4.78 is 1.63. The Labute approximate surface area is 213 Å². The number of amides is 2. The topological polar surface area (TPSA) is 142 Å². The lowest BCUT2D eigenvalue weighted by Crippen LogP contribution is -2.36. The minimum Gasteiger partial charge on any atom is -0.376 e. The molecule has 1 aliphatic carbocycles. The number of nitrogens with two attached hydrogens (primary N) is 1. The van der Waals surface area contributed by atoms with Gasteiger partial charge in [0.25, 0.3) is 5.91 Å². The first-order valence-corrected chi connectivity index (χ1v) is 12.4. The van der Waals surface area contributed by atoms with E-state index in [-0.39, 0.29) is 23.4 Å². The number of rotatable bonds is 6. The first-order chi connectivity index (χ1) is 17.9. The number of fused-ring (bicyclic) bond motifs is 2. The summed E-state index contributed by atoms with van der Waals surface area (Å²) in [4.78, 5) is 36.4. The third-order valence-electron chi connectivity index (χ3n) is 7.61. The summed E-state index contributed by atoms with van der Waals surface area (Å²) in [7, 11) is 0. The van der Waals surface area contributed by atoms with Gasteiger partial charge in [-0.1, -0.05) is 19.1 Å². The van der Waals surface area contributed by atoms with Crippen LogP contribution in [0.15, 0.2) is 48.9 Å². The van der Waals surface area contributed by atoms with Crippen molar-refractivity contribution in [3.8, 4) is 17.3 Å². The summed E-state index contributed by atoms with van der Waals surface area (Å²) in [5.41, 5.74) is 8.56. The molecule has 2 atom stereocenters. The maximum Gasteiger partial charge on any atom is 0.252 e. The molecule has 1 saturated carbocycles. The molecule has 2 fully saturated rings. The van der Waals surface area contributed by atoms with Gasteiger partial charge in [-0.05, 0) is 43.4 Å². The molecule has 0 unspecified atom stereocenters. The number of hydrogen-bond acceptors (Lipinski definition) is 7. The van der Waals surface area contributed by atoms with Crippen LogP contribution in [0.5, 0.6) is 0 Å².